The minimum Gasteiger partial charge on any atom is -0.340 e. The van der Waals surface area contributed by atoms with Crippen LogP contribution in [0.25, 0.3) is 11.4 Å². The van der Waals surface area contributed by atoms with Crippen LogP contribution in [0.15, 0.2) is 29.8 Å². The number of aromatic nitrogens is 2. The molecule has 1 amide bonds. The first-order chi connectivity index (χ1) is 11.3. The van der Waals surface area contributed by atoms with Crippen molar-refractivity contribution in [2.45, 2.75) is 51.5 Å². The molecule has 0 spiro atoms. The lowest BCUT2D eigenvalue weighted by molar-refractivity contribution is -0.134. The molecule has 2 aromatic rings. The van der Waals surface area contributed by atoms with Gasteiger partial charge in [0.05, 0.1) is 16.4 Å². The molecule has 0 bridgehead atoms. The van der Waals surface area contributed by atoms with Gasteiger partial charge in [-0.2, -0.15) is 0 Å². The van der Waals surface area contributed by atoms with E-state index in [0.29, 0.717) is 12.5 Å². The molecule has 0 N–H and O–H groups in total. The molecule has 4 nitrogen and oxygen atoms in total. The summed E-state index contributed by atoms with van der Waals surface area (Å²) in [7, 11) is 0. The highest BCUT2D eigenvalue weighted by Gasteiger charge is 2.24. The van der Waals surface area contributed by atoms with E-state index in [2.05, 4.69) is 21.8 Å². The van der Waals surface area contributed by atoms with E-state index in [9.17, 15) is 4.79 Å². The Hall–Kier alpha value is -1.75. The Morgan fingerprint density at radius 3 is 3.04 bits per heavy atom. The van der Waals surface area contributed by atoms with Crippen molar-refractivity contribution in [2.24, 2.45) is 0 Å². The average molecular weight is 329 g/mol. The van der Waals surface area contributed by atoms with Crippen LogP contribution in [-0.4, -0.2) is 33.4 Å². The second-order valence-electron chi connectivity index (χ2n) is 5.99. The van der Waals surface area contributed by atoms with Crippen molar-refractivity contribution in [2.75, 3.05) is 6.54 Å². The van der Waals surface area contributed by atoms with E-state index in [1.165, 1.54) is 6.42 Å². The van der Waals surface area contributed by atoms with Crippen LogP contribution in [0.4, 0.5) is 0 Å². The third-order valence-corrected chi connectivity index (χ3v) is 5.36. The molecule has 0 saturated carbocycles. The molecule has 122 valence electrons. The highest BCUT2D eigenvalue weighted by Crippen LogP contribution is 2.23. The zero-order valence-corrected chi connectivity index (χ0v) is 14.4. The number of pyridine rings is 1. The molecule has 0 radical (unpaired) electrons. The molecule has 0 aromatic carbocycles. The summed E-state index contributed by atoms with van der Waals surface area (Å²) in [5, 5.41) is 3.04. The normalized spacial score (nSPS) is 18.1. The van der Waals surface area contributed by atoms with Crippen molar-refractivity contribution in [3.05, 3.63) is 34.8 Å². The third kappa shape index (κ3) is 3.96. The van der Waals surface area contributed by atoms with Gasteiger partial charge in [0.25, 0.3) is 0 Å². The Morgan fingerprint density at radius 1 is 1.35 bits per heavy atom. The summed E-state index contributed by atoms with van der Waals surface area (Å²) in [5.41, 5.74) is 1.80. The summed E-state index contributed by atoms with van der Waals surface area (Å²) >= 11 is 1.62. The monoisotopic (exact) mass is 329 g/mol. The Bertz CT molecular complexity index is 641. The predicted molar refractivity (Wildman–Crippen MR) is 93.3 cm³/mol. The first kappa shape index (κ1) is 16.1. The van der Waals surface area contributed by atoms with Gasteiger partial charge in [0, 0.05) is 37.0 Å². The number of hydrogen-bond donors (Lipinski definition) is 0. The number of likely N-dealkylation sites (tertiary alicyclic amines) is 1. The molecule has 2 aromatic heterocycles. The Labute approximate surface area is 141 Å². The van der Waals surface area contributed by atoms with Crippen molar-refractivity contribution in [1.82, 2.24) is 14.9 Å². The summed E-state index contributed by atoms with van der Waals surface area (Å²) in [4.78, 5) is 23.5. The van der Waals surface area contributed by atoms with Gasteiger partial charge in [-0.3, -0.25) is 9.78 Å². The molecule has 1 aliphatic rings. The minimum absolute atomic E-state index is 0.283. The molecular formula is C18H23N3OS. The lowest BCUT2D eigenvalue weighted by Crippen LogP contribution is -2.43. The van der Waals surface area contributed by atoms with Crippen molar-refractivity contribution in [1.29, 1.82) is 0 Å². The average Bonchev–Trinajstić information content (AvgIpc) is 3.09. The van der Waals surface area contributed by atoms with Crippen LogP contribution in [0.1, 0.15) is 44.0 Å². The second-order valence-corrected chi connectivity index (χ2v) is 6.93. The highest BCUT2D eigenvalue weighted by atomic mass is 32.1. The van der Waals surface area contributed by atoms with E-state index in [-0.39, 0.29) is 5.91 Å². The van der Waals surface area contributed by atoms with Gasteiger partial charge < -0.3 is 4.90 Å². The first-order valence-electron chi connectivity index (χ1n) is 8.43. The van der Waals surface area contributed by atoms with E-state index in [0.717, 1.165) is 48.6 Å². The fourth-order valence-corrected chi connectivity index (χ4v) is 3.96. The van der Waals surface area contributed by atoms with Gasteiger partial charge in [-0.1, -0.05) is 13.0 Å². The van der Waals surface area contributed by atoms with Crippen LogP contribution in [0.2, 0.25) is 0 Å². The van der Waals surface area contributed by atoms with Crippen LogP contribution in [0.5, 0.6) is 0 Å². The number of rotatable bonds is 5. The molecule has 1 unspecified atom stereocenters. The maximum absolute atomic E-state index is 12.5. The molecule has 3 rings (SSSR count). The fourth-order valence-electron chi connectivity index (χ4n) is 3.17. The number of aryl methyl sites for hydroxylation is 1. The molecule has 1 fully saturated rings. The van der Waals surface area contributed by atoms with Gasteiger partial charge in [-0.15, -0.1) is 11.3 Å². The van der Waals surface area contributed by atoms with Crippen molar-refractivity contribution in [3.63, 3.8) is 0 Å². The topological polar surface area (TPSA) is 46.1 Å². The number of piperidine rings is 1. The lowest BCUT2D eigenvalue weighted by Gasteiger charge is -2.35. The third-order valence-electron chi connectivity index (χ3n) is 4.45. The van der Waals surface area contributed by atoms with Gasteiger partial charge in [-0.05, 0) is 37.8 Å². The van der Waals surface area contributed by atoms with Crippen LogP contribution in [0.3, 0.4) is 0 Å². The second kappa shape index (κ2) is 7.68. The van der Waals surface area contributed by atoms with E-state index in [1.54, 1.807) is 17.5 Å². The summed E-state index contributed by atoms with van der Waals surface area (Å²) in [5.74, 6) is 0.283. The molecule has 1 atom stereocenters. The zero-order chi connectivity index (χ0) is 16.1. The summed E-state index contributed by atoms with van der Waals surface area (Å²) in [6.07, 6.45) is 7.68. The van der Waals surface area contributed by atoms with Crippen molar-refractivity contribution in [3.8, 4) is 11.4 Å². The molecule has 5 heteroatoms. The quantitative estimate of drug-likeness (QED) is 0.835. The molecule has 0 aliphatic carbocycles. The minimum atomic E-state index is 0.283. The Balaban J connectivity index is 1.58. The maximum atomic E-state index is 12.5. The van der Waals surface area contributed by atoms with Gasteiger partial charge in [-0.25, -0.2) is 4.98 Å². The summed E-state index contributed by atoms with van der Waals surface area (Å²) < 4.78 is 0. The van der Waals surface area contributed by atoms with E-state index in [4.69, 9.17) is 0 Å². The number of carbonyl (C=O) groups excluding carboxylic acids is 1. The van der Waals surface area contributed by atoms with Crippen LogP contribution >= 0.6 is 11.3 Å². The summed E-state index contributed by atoms with van der Waals surface area (Å²) in [6, 6.07) is 6.27. The lowest BCUT2D eigenvalue weighted by atomic mass is 9.99. The number of amides is 1. The standard InChI is InChI=1S/C18H23N3OS/c1-2-14-7-4-6-12-21(14)18(22)10-9-17-20-16(13-23-17)15-8-3-5-11-19-15/h3,5,8,11,13-14H,2,4,6-7,9-10,12H2,1H3. The smallest absolute Gasteiger partial charge is 0.223 e. The van der Waals surface area contributed by atoms with Gasteiger partial charge in [0.15, 0.2) is 0 Å². The number of carbonyl (C=O) groups is 1. The molecule has 3 heterocycles. The van der Waals surface area contributed by atoms with Gasteiger partial charge in [0.2, 0.25) is 5.91 Å². The van der Waals surface area contributed by atoms with Crippen LogP contribution in [-0.2, 0) is 11.2 Å². The molecule has 1 aliphatic heterocycles. The molecular weight excluding hydrogens is 306 g/mol. The number of hydrogen-bond acceptors (Lipinski definition) is 4. The van der Waals surface area contributed by atoms with E-state index < -0.39 is 0 Å². The van der Waals surface area contributed by atoms with Gasteiger partial charge in [0.1, 0.15) is 0 Å². The van der Waals surface area contributed by atoms with Gasteiger partial charge >= 0.3 is 0 Å². The SMILES string of the molecule is CCC1CCCCN1C(=O)CCc1nc(-c2ccccn2)cs1. The predicted octanol–water partition coefficient (Wildman–Crippen LogP) is 3.93. The molecule has 1 saturated heterocycles. The highest BCUT2D eigenvalue weighted by molar-refractivity contribution is 7.09. The van der Waals surface area contributed by atoms with E-state index >= 15 is 0 Å². The largest absolute Gasteiger partial charge is 0.340 e. The maximum Gasteiger partial charge on any atom is 0.223 e. The number of nitrogens with zero attached hydrogens (tertiary/aromatic N) is 3. The fraction of sp³-hybridized carbons (Fsp3) is 0.500. The Morgan fingerprint density at radius 2 is 2.26 bits per heavy atom. The Kier molecular flexibility index (Phi) is 5.39. The summed E-state index contributed by atoms with van der Waals surface area (Å²) in [6.45, 7) is 3.10. The van der Waals surface area contributed by atoms with E-state index in [1.807, 2.05) is 23.6 Å². The molecule has 23 heavy (non-hydrogen) atoms. The number of thiazole rings is 1. The van der Waals surface area contributed by atoms with Crippen molar-refractivity contribution < 1.29 is 4.79 Å². The van der Waals surface area contributed by atoms with Crippen molar-refractivity contribution >= 4 is 17.2 Å². The zero-order valence-electron chi connectivity index (χ0n) is 13.6. The van der Waals surface area contributed by atoms with Crippen LogP contribution < -0.4 is 0 Å². The van der Waals surface area contributed by atoms with Crippen LogP contribution in [0, 0.1) is 0 Å². The first-order valence-corrected chi connectivity index (χ1v) is 9.31.